The van der Waals surface area contributed by atoms with Crippen LogP contribution in [0.2, 0.25) is 0 Å². The molecule has 7 heteroatoms. The molecule has 0 unspecified atom stereocenters. The number of thiazole rings is 1. The van der Waals surface area contributed by atoms with E-state index in [-0.39, 0.29) is 18.3 Å². The Bertz CT molecular complexity index is 382. The number of carbonyl (C=O) groups is 1. The molecule has 1 aliphatic carbocycles. The summed E-state index contributed by atoms with van der Waals surface area (Å²) in [5, 5.41) is 8.51. The fourth-order valence-corrected chi connectivity index (χ4v) is 2.26. The van der Waals surface area contributed by atoms with Crippen molar-refractivity contribution in [2.24, 2.45) is 0 Å². The molecule has 102 valence electrons. The first-order valence-corrected chi connectivity index (χ1v) is 6.62. The highest BCUT2D eigenvalue weighted by Gasteiger charge is 2.26. The number of aromatic nitrogens is 1. The molecular formula is C11H18ClN3O2S. The lowest BCUT2D eigenvalue weighted by Crippen LogP contribution is -2.30. The first-order valence-electron chi connectivity index (χ1n) is 5.74. The topological polar surface area (TPSA) is 63.2 Å². The third kappa shape index (κ3) is 4.89. The molecule has 0 bridgehead atoms. The Labute approximate surface area is 117 Å². The molecule has 1 aliphatic rings. The Balaban J connectivity index is 0.00000162. The summed E-state index contributed by atoms with van der Waals surface area (Å²) in [7, 11) is 1.64. The molecule has 0 spiro atoms. The van der Waals surface area contributed by atoms with Gasteiger partial charge in [0.1, 0.15) is 0 Å². The number of halogens is 1. The number of hydrogen-bond donors (Lipinski definition) is 2. The molecule has 18 heavy (non-hydrogen) atoms. The average Bonchev–Trinajstić information content (AvgIpc) is 3.07. The van der Waals surface area contributed by atoms with Crippen LogP contribution in [0.15, 0.2) is 5.38 Å². The van der Waals surface area contributed by atoms with Crippen LogP contribution in [0.5, 0.6) is 0 Å². The molecule has 0 atom stereocenters. The molecule has 0 radical (unpaired) electrons. The van der Waals surface area contributed by atoms with Crippen LogP contribution in [0.1, 0.15) is 24.5 Å². The Hall–Kier alpha value is -0.690. The fourth-order valence-electron chi connectivity index (χ4n) is 1.45. The van der Waals surface area contributed by atoms with Gasteiger partial charge in [-0.1, -0.05) is 0 Å². The first kappa shape index (κ1) is 15.4. The van der Waals surface area contributed by atoms with Gasteiger partial charge in [0.25, 0.3) is 0 Å². The van der Waals surface area contributed by atoms with E-state index in [0.717, 1.165) is 5.69 Å². The van der Waals surface area contributed by atoms with Gasteiger partial charge in [0.05, 0.1) is 18.8 Å². The van der Waals surface area contributed by atoms with Gasteiger partial charge in [0, 0.05) is 25.0 Å². The van der Waals surface area contributed by atoms with E-state index in [9.17, 15) is 4.79 Å². The van der Waals surface area contributed by atoms with Crippen LogP contribution in [0.25, 0.3) is 0 Å². The van der Waals surface area contributed by atoms with E-state index in [1.165, 1.54) is 24.2 Å². The number of methoxy groups -OCH3 is 1. The standard InChI is InChI=1S/C11H17N3O2S.ClH/c1-16-5-4-12-6-10(15)14-11-13-9(7-17-11)8-2-3-8;/h7-8,12H,2-6H2,1H3,(H,13,14,15);1H. The number of ether oxygens (including phenoxy) is 1. The van der Waals surface area contributed by atoms with Crippen molar-refractivity contribution in [1.29, 1.82) is 0 Å². The minimum Gasteiger partial charge on any atom is -0.383 e. The summed E-state index contributed by atoms with van der Waals surface area (Å²) in [5.41, 5.74) is 1.12. The van der Waals surface area contributed by atoms with Crippen LogP contribution in [-0.4, -0.2) is 37.7 Å². The number of hydrogen-bond acceptors (Lipinski definition) is 5. The molecule has 2 rings (SSSR count). The van der Waals surface area contributed by atoms with Gasteiger partial charge in [0.2, 0.25) is 5.91 Å². The summed E-state index contributed by atoms with van der Waals surface area (Å²) in [5.74, 6) is 0.578. The Morgan fingerprint density at radius 2 is 2.39 bits per heavy atom. The molecule has 0 aliphatic heterocycles. The molecular weight excluding hydrogens is 274 g/mol. The van der Waals surface area contributed by atoms with Crippen LogP contribution in [0.4, 0.5) is 5.13 Å². The second kappa shape index (κ2) is 7.68. The van der Waals surface area contributed by atoms with E-state index in [4.69, 9.17) is 4.74 Å². The maximum Gasteiger partial charge on any atom is 0.240 e. The number of amides is 1. The van der Waals surface area contributed by atoms with E-state index in [1.54, 1.807) is 7.11 Å². The molecule has 1 amide bonds. The third-order valence-electron chi connectivity index (χ3n) is 2.53. The van der Waals surface area contributed by atoms with E-state index in [1.807, 2.05) is 5.38 Å². The number of rotatable bonds is 7. The van der Waals surface area contributed by atoms with Crippen molar-refractivity contribution in [3.63, 3.8) is 0 Å². The van der Waals surface area contributed by atoms with Crippen LogP contribution < -0.4 is 10.6 Å². The predicted octanol–water partition coefficient (Wildman–Crippen LogP) is 1.62. The van der Waals surface area contributed by atoms with E-state index >= 15 is 0 Å². The summed E-state index contributed by atoms with van der Waals surface area (Å²) < 4.78 is 4.87. The SMILES string of the molecule is COCCNCC(=O)Nc1nc(C2CC2)cs1.Cl. The quantitative estimate of drug-likeness (QED) is 0.749. The van der Waals surface area contributed by atoms with Crippen molar-refractivity contribution in [3.05, 3.63) is 11.1 Å². The summed E-state index contributed by atoms with van der Waals surface area (Å²) >= 11 is 1.49. The Morgan fingerprint density at radius 3 is 3.06 bits per heavy atom. The first-order chi connectivity index (χ1) is 8.29. The van der Waals surface area contributed by atoms with Crippen LogP contribution in [0, 0.1) is 0 Å². The summed E-state index contributed by atoms with van der Waals surface area (Å²) in [6, 6.07) is 0. The normalized spacial score (nSPS) is 14.1. The molecule has 1 aromatic heterocycles. The Morgan fingerprint density at radius 1 is 1.61 bits per heavy atom. The molecule has 0 saturated heterocycles. The van der Waals surface area contributed by atoms with Crippen LogP contribution in [0.3, 0.4) is 0 Å². The van der Waals surface area contributed by atoms with Gasteiger partial charge in [-0.3, -0.25) is 4.79 Å². The van der Waals surface area contributed by atoms with Crippen molar-refractivity contribution in [1.82, 2.24) is 10.3 Å². The largest absolute Gasteiger partial charge is 0.383 e. The van der Waals surface area contributed by atoms with Crippen LogP contribution >= 0.6 is 23.7 Å². The zero-order valence-electron chi connectivity index (χ0n) is 10.3. The zero-order chi connectivity index (χ0) is 12.1. The van der Waals surface area contributed by atoms with Crippen LogP contribution in [-0.2, 0) is 9.53 Å². The number of nitrogens with zero attached hydrogens (tertiary/aromatic N) is 1. The number of nitrogens with one attached hydrogen (secondary N) is 2. The molecule has 1 saturated carbocycles. The maximum absolute atomic E-state index is 11.5. The van der Waals surface area contributed by atoms with Gasteiger partial charge in [-0.15, -0.1) is 23.7 Å². The fraction of sp³-hybridized carbons (Fsp3) is 0.636. The Kier molecular flexibility index (Phi) is 6.56. The second-order valence-electron chi connectivity index (χ2n) is 4.07. The van der Waals surface area contributed by atoms with Crippen molar-refractivity contribution < 1.29 is 9.53 Å². The monoisotopic (exact) mass is 291 g/mol. The lowest BCUT2D eigenvalue weighted by molar-refractivity contribution is -0.115. The number of carbonyl (C=O) groups excluding carboxylic acids is 1. The van der Waals surface area contributed by atoms with Gasteiger partial charge in [-0.2, -0.15) is 0 Å². The zero-order valence-corrected chi connectivity index (χ0v) is 11.9. The summed E-state index contributed by atoms with van der Waals surface area (Å²) in [4.78, 5) is 15.9. The van der Waals surface area contributed by atoms with Crippen molar-refractivity contribution in [3.8, 4) is 0 Å². The third-order valence-corrected chi connectivity index (χ3v) is 3.31. The highest BCUT2D eigenvalue weighted by molar-refractivity contribution is 7.13. The van der Waals surface area contributed by atoms with E-state index < -0.39 is 0 Å². The van der Waals surface area contributed by atoms with Gasteiger partial charge in [-0.25, -0.2) is 4.98 Å². The summed E-state index contributed by atoms with van der Waals surface area (Å²) in [6.45, 7) is 1.58. The van der Waals surface area contributed by atoms with Gasteiger partial charge >= 0.3 is 0 Å². The van der Waals surface area contributed by atoms with Gasteiger partial charge in [-0.05, 0) is 12.8 Å². The smallest absolute Gasteiger partial charge is 0.240 e. The van der Waals surface area contributed by atoms with Crippen molar-refractivity contribution >= 4 is 34.8 Å². The molecule has 1 heterocycles. The maximum atomic E-state index is 11.5. The molecule has 1 aromatic rings. The second-order valence-corrected chi connectivity index (χ2v) is 4.93. The van der Waals surface area contributed by atoms with Crippen molar-refractivity contribution in [2.45, 2.75) is 18.8 Å². The minimum absolute atomic E-state index is 0. The van der Waals surface area contributed by atoms with E-state index in [2.05, 4.69) is 15.6 Å². The predicted molar refractivity (Wildman–Crippen MR) is 74.7 cm³/mol. The highest BCUT2D eigenvalue weighted by atomic mass is 35.5. The molecule has 0 aromatic carbocycles. The molecule has 5 nitrogen and oxygen atoms in total. The van der Waals surface area contributed by atoms with E-state index in [0.29, 0.717) is 30.7 Å². The number of anilines is 1. The molecule has 2 N–H and O–H groups in total. The summed E-state index contributed by atoms with van der Waals surface area (Å²) in [6.07, 6.45) is 2.46. The highest BCUT2D eigenvalue weighted by Crippen LogP contribution is 2.40. The van der Waals surface area contributed by atoms with Gasteiger partial charge in [0.15, 0.2) is 5.13 Å². The average molecular weight is 292 g/mol. The lowest BCUT2D eigenvalue weighted by atomic mass is 10.3. The lowest BCUT2D eigenvalue weighted by Gasteiger charge is -2.03. The van der Waals surface area contributed by atoms with Crippen molar-refractivity contribution in [2.75, 3.05) is 32.1 Å². The van der Waals surface area contributed by atoms with Gasteiger partial charge < -0.3 is 15.4 Å². The minimum atomic E-state index is -0.0576. The molecule has 1 fully saturated rings.